The predicted octanol–water partition coefficient (Wildman–Crippen LogP) is 3.47. The zero-order valence-corrected chi connectivity index (χ0v) is 9.80. The molecule has 1 atom stereocenters. The van der Waals surface area contributed by atoms with Crippen molar-refractivity contribution in [1.82, 2.24) is 0 Å². The van der Waals surface area contributed by atoms with Crippen molar-refractivity contribution in [3.8, 4) is 0 Å². The maximum Gasteiger partial charge on any atom is 0.123 e. The van der Waals surface area contributed by atoms with Crippen LogP contribution < -0.4 is 0 Å². The highest BCUT2D eigenvalue weighted by atomic mass is 32.1. The first-order valence-corrected chi connectivity index (χ1v) is 6.01. The number of hydrogen-bond donors (Lipinski definition) is 1. The molecule has 1 aromatic heterocycles. The minimum Gasteiger partial charge on any atom is -0.387 e. The van der Waals surface area contributed by atoms with E-state index in [1.807, 2.05) is 18.4 Å². The fourth-order valence-corrected chi connectivity index (χ4v) is 2.58. The molecule has 0 spiro atoms. The average Bonchev–Trinajstić information content (AvgIpc) is 2.68. The molecule has 84 valence electrons. The predicted molar refractivity (Wildman–Crippen MR) is 64.1 cm³/mol. The van der Waals surface area contributed by atoms with E-state index in [9.17, 15) is 9.50 Å². The summed E-state index contributed by atoms with van der Waals surface area (Å²) in [5.41, 5.74) is 2.06. The molecule has 2 aromatic rings. The first-order chi connectivity index (χ1) is 7.66. The third-order valence-electron chi connectivity index (χ3n) is 2.55. The van der Waals surface area contributed by atoms with Crippen LogP contribution in [0.5, 0.6) is 0 Å². The summed E-state index contributed by atoms with van der Waals surface area (Å²) < 4.78 is 12.7. The van der Waals surface area contributed by atoms with Crippen LogP contribution in [0.4, 0.5) is 4.39 Å². The van der Waals surface area contributed by atoms with Gasteiger partial charge in [0.1, 0.15) is 5.82 Å². The summed E-state index contributed by atoms with van der Waals surface area (Å²) in [6.45, 7) is 1.99. The molecule has 2 rings (SSSR count). The first-order valence-electron chi connectivity index (χ1n) is 5.13. The van der Waals surface area contributed by atoms with Gasteiger partial charge in [0.25, 0.3) is 0 Å². The normalized spacial score (nSPS) is 12.7. The maximum atomic E-state index is 12.7. The van der Waals surface area contributed by atoms with E-state index in [1.54, 1.807) is 23.5 Å². The van der Waals surface area contributed by atoms with Gasteiger partial charge in [0.15, 0.2) is 0 Å². The van der Waals surface area contributed by atoms with E-state index >= 15 is 0 Å². The van der Waals surface area contributed by atoms with Crippen LogP contribution in [0, 0.1) is 12.7 Å². The Balaban J connectivity index is 2.10. The van der Waals surface area contributed by atoms with Gasteiger partial charge in [0, 0.05) is 11.3 Å². The molecule has 1 aromatic carbocycles. The van der Waals surface area contributed by atoms with Gasteiger partial charge in [-0.25, -0.2) is 4.39 Å². The number of aliphatic hydroxyl groups excluding tert-OH is 1. The molecule has 0 fully saturated rings. The maximum absolute atomic E-state index is 12.7. The summed E-state index contributed by atoms with van der Waals surface area (Å²) in [6.07, 6.45) is 0.0345. The lowest BCUT2D eigenvalue weighted by atomic mass is 10.1. The van der Waals surface area contributed by atoms with Crippen molar-refractivity contribution < 1.29 is 9.50 Å². The Hall–Kier alpha value is -1.19. The molecule has 1 nitrogen and oxygen atoms in total. The van der Waals surface area contributed by atoms with Crippen molar-refractivity contribution in [2.24, 2.45) is 0 Å². The summed E-state index contributed by atoms with van der Waals surface area (Å²) in [5.74, 6) is -0.245. The lowest BCUT2D eigenvalue weighted by Gasteiger charge is -2.10. The lowest BCUT2D eigenvalue weighted by molar-refractivity contribution is 0.181. The van der Waals surface area contributed by atoms with E-state index in [0.717, 1.165) is 16.0 Å². The lowest BCUT2D eigenvalue weighted by Crippen LogP contribution is -2.01. The number of halogens is 1. The van der Waals surface area contributed by atoms with E-state index in [4.69, 9.17) is 0 Å². The smallest absolute Gasteiger partial charge is 0.123 e. The Bertz CT molecular complexity index is 461. The zero-order valence-electron chi connectivity index (χ0n) is 8.98. The van der Waals surface area contributed by atoms with E-state index in [1.165, 1.54) is 12.1 Å². The van der Waals surface area contributed by atoms with Gasteiger partial charge in [-0.05, 0) is 41.6 Å². The molecular formula is C13H13FOS. The molecular weight excluding hydrogens is 223 g/mol. The quantitative estimate of drug-likeness (QED) is 0.865. The molecule has 16 heavy (non-hydrogen) atoms. The molecule has 1 unspecified atom stereocenters. The van der Waals surface area contributed by atoms with Gasteiger partial charge >= 0.3 is 0 Å². The molecule has 0 aliphatic rings. The van der Waals surface area contributed by atoms with E-state index < -0.39 is 6.10 Å². The number of hydrogen-bond acceptors (Lipinski definition) is 2. The summed E-state index contributed by atoms with van der Waals surface area (Å²) in [4.78, 5) is 0.990. The van der Waals surface area contributed by atoms with Gasteiger partial charge in [0.2, 0.25) is 0 Å². The van der Waals surface area contributed by atoms with Crippen LogP contribution in [0.3, 0.4) is 0 Å². The highest BCUT2D eigenvalue weighted by Gasteiger charge is 2.12. The highest BCUT2D eigenvalue weighted by molar-refractivity contribution is 7.10. The average molecular weight is 236 g/mol. The Kier molecular flexibility index (Phi) is 3.36. The van der Waals surface area contributed by atoms with Gasteiger partial charge in [0.05, 0.1) is 6.10 Å². The van der Waals surface area contributed by atoms with Gasteiger partial charge in [-0.15, -0.1) is 11.3 Å². The molecule has 0 bridgehead atoms. The largest absolute Gasteiger partial charge is 0.387 e. The third-order valence-corrected chi connectivity index (χ3v) is 3.67. The molecule has 0 radical (unpaired) electrons. The number of benzene rings is 1. The van der Waals surface area contributed by atoms with E-state index in [-0.39, 0.29) is 5.82 Å². The van der Waals surface area contributed by atoms with Crippen LogP contribution in [-0.2, 0) is 6.42 Å². The van der Waals surface area contributed by atoms with Gasteiger partial charge in [-0.2, -0.15) is 0 Å². The minimum absolute atomic E-state index is 0.245. The molecule has 0 amide bonds. The van der Waals surface area contributed by atoms with Crippen LogP contribution >= 0.6 is 11.3 Å². The molecule has 0 saturated heterocycles. The first kappa shape index (κ1) is 11.3. The molecule has 0 saturated carbocycles. The Labute approximate surface area is 98.2 Å². The summed E-state index contributed by atoms with van der Waals surface area (Å²) in [6, 6.07) is 8.25. The number of rotatable bonds is 3. The van der Waals surface area contributed by atoms with E-state index in [0.29, 0.717) is 6.42 Å². The van der Waals surface area contributed by atoms with E-state index in [2.05, 4.69) is 0 Å². The van der Waals surface area contributed by atoms with Crippen molar-refractivity contribution >= 4 is 11.3 Å². The van der Waals surface area contributed by atoms with Gasteiger partial charge < -0.3 is 5.11 Å². The SMILES string of the molecule is Cc1ccsc1C(O)Cc1ccc(F)cc1. The molecule has 3 heteroatoms. The fourth-order valence-electron chi connectivity index (χ4n) is 1.66. The monoisotopic (exact) mass is 236 g/mol. The van der Waals surface area contributed by atoms with Crippen molar-refractivity contribution in [1.29, 1.82) is 0 Å². The van der Waals surface area contributed by atoms with Gasteiger partial charge in [-0.1, -0.05) is 12.1 Å². The van der Waals surface area contributed by atoms with Crippen LogP contribution in [0.1, 0.15) is 22.1 Å². The molecule has 1 N–H and O–H groups in total. The second-order valence-corrected chi connectivity index (χ2v) is 4.76. The summed E-state index contributed by atoms with van der Waals surface area (Å²) >= 11 is 1.56. The Morgan fingerprint density at radius 3 is 2.50 bits per heavy atom. The summed E-state index contributed by atoms with van der Waals surface area (Å²) in [7, 11) is 0. The second-order valence-electron chi connectivity index (χ2n) is 3.81. The number of aryl methyl sites for hydroxylation is 1. The van der Waals surface area contributed by atoms with Crippen molar-refractivity contribution in [3.05, 3.63) is 57.5 Å². The van der Waals surface area contributed by atoms with Crippen LogP contribution in [0.15, 0.2) is 35.7 Å². The fraction of sp³-hybridized carbons (Fsp3) is 0.231. The second kappa shape index (κ2) is 4.76. The summed E-state index contributed by atoms with van der Waals surface area (Å²) in [5, 5.41) is 12.0. The van der Waals surface area contributed by atoms with Gasteiger partial charge in [-0.3, -0.25) is 0 Å². The number of aliphatic hydroxyl groups is 1. The van der Waals surface area contributed by atoms with Crippen LogP contribution in [0.2, 0.25) is 0 Å². The van der Waals surface area contributed by atoms with Crippen molar-refractivity contribution in [2.45, 2.75) is 19.4 Å². The van der Waals surface area contributed by atoms with Crippen molar-refractivity contribution in [2.75, 3.05) is 0 Å². The molecule has 0 aliphatic carbocycles. The van der Waals surface area contributed by atoms with Crippen LogP contribution in [0.25, 0.3) is 0 Å². The number of thiophene rings is 1. The minimum atomic E-state index is -0.495. The topological polar surface area (TPSA) is 20.2 Å². The molecule has 0 aliphatic heterocycles. The third kappa shape index (κ3) is 2.49. The highest BCUT2D eigenvalue weighted by Crippen LogP contribution is 2.26. The van der Waals surface area contributed by atoms with Crippen LogP contribution in [-0.4, -0.2) is 5.11 Å². The standard InChI is InChI=1S/C13H13FOS/c1-9-6-7-16-13(9)12(15)8-10-2-4-11(14)5-3-10/h2-7,12,15H,8H2,1H3. The molecule has 1 heterocycles. The Morgan fingerprint density at radius 1 is 1.25 bits per heavy atom. The zero-order chi connectivity index (χ0) is 11.5. The van der Waals surface area contributed by atoms with Crippen molar-refractivity contribution in [3.63, 3.8) is 0 Å². The Morgan fingerprint density at radius 2 is 1.94 bits per heavy atom.